The molecule has 1 rings (SSSR count). The maximum Gasteiger partial charge on any atom is 0.254 e. The van der Waals surface area contributed by atoms with Gasteiger partial charge in [0.2, 0.25) is 0 Å². The van der Waals surface area contributed by atoms with Gasteiger partial charge in [-0.2, -0.15) is 0 Å². The van der Waals surface area contributed by atoms with Gasteiger partial charge >= 0.3 is 0 Å². The van der Waals surface area contributed by atoms with Crippen LogP contribution in [0.4, 0.5) is 13.2 Å². The van der Waals surface area contributed by atoms with Gasteiger partial charge < -0.3 is 10.4 Å². The van der Waals surface area contributed by atoms with Crippen molar-refractivity contribution in [2.75, 3.05) is 6.54 Å². The molecule has 0 aliphatic rings. The van der Waals surface area contributed by atoms with Crippen LogP contribution in [0.15, 0.2) is 12.1 Å². The molecular formula is C11H12F3NO2. The third-order valence-electron chi connectivity index (χ3n) is 2.13. The molecule has 3 nitrogen and oxygen atoms in total. The standard InChI is InChI=1S/C11H12F3NO2/c1-6(16)4-5-15-11(17)7-2-3-8(12)10(14)9(7)13/h2-3,6,16H,4-5H2,1H3,(H,15,17). The van der Waals surface area contributed by atoms with Crippen LogP contribution in [0.25, 0.3) is 0 Å². The van der Waals surface area contributed by atoms with Gasteiger partial charge in [-0.05, 0) is 25.5 Å². The topological polar surface area (TPSA) is 49.3 Å². The van der Waals surface area contributed by atoms with E-state index in [4.69, 9.17) is 5.11 Å². The van der Waals surface area contributed by atoms with Gasteiger partial charge in [-0.3, -0.25) is 4.79 Å². The molecule has 0 aliphatic carbocycles. The van der Waals surface area contributed by atoms with E-state index in [1.54, 1.807) is 0 Å². The molecule has 1 amide bonds. The molecule has 17 heavy (non-hydrogen) atoms. The molecule has 0 bridgehead atoms. The van der Waals surface area contributed by atoms with E-state index in [0.717, 1.165) is 6.07 Å². The Balaban J connectivity index is 2.73. The van der Waals surface area contributed by atoms with Crippen LogP contribution in [0.1, 0.15) is 23.7 Å². The van der Waals surface area contributed by atoms with Gasteiger partial charge in [0.25, 0.3) is 5.91 Å². The molecule has 1 aromatic rings. The summed E-state index contributed by atoms with van der Waals surface area (Å²) < 4.78 is 38.6. The average molecular weight is 247 g/mol. The predicted molar refractivity (Wildman–Crippen MR) is 54.9 cm³/mol. The fraction of sp³-hybridized carbons (Fsp3) is 0.364. The maximum atomic E-state index is 13.2. The number of hydrogen-bond donors (Lipinski definition) is 2. The molecule has 1 aromatic carbocycles. The molecule has 0 aromatic heterocycles. The maximum absolute atomic E-state index is 13.2. The van der Waals surface area contributed by atoms with Crippen molar-refractivity contribution >= 4 is 5.91 Å². The Morgan fingerprint density at radius 1 is 1.35 bits per heavy atom. The van der Waals surface area contributed by atoms with E-state index in [1.165, 1.54) is 6.92 Å². The lowest BCUT2D eigenvalue weighted by Crippen LogP contribution is -2.27. The number of rotatable bonds is 4. The van der Waals surface area contributed by atoms with Crippen molar-refractivity contribution in [1.29, 1.82) is 0 Å². The summed E-state index contributed by atoms with van der Waals surface area (Å²) in [6, 6.07) is 1.55. The fourth-order valence-corrected chi connectivity index (χ4v) is 1.19. The summed E-state index contributed by atoms with van der Waals surface area (Å²) >= 11 is 0. The van der Waals surface area contributed by atoms with Gasteiger partial charge in [0, 0.05) is 6.54 Å². The molecule has 1 unspecified atom stereocenters. The van der Waals surface area contributed by atoms with Crippen LogP contribution in [-0.4, -0.2) is 23.7 Å². The molecule has 0 heterocycles. The summed E-state index contributed by atoms with van der Waals surface area (Å²) in [5.41, 5.74) is -0.561. The Kier molecular flexibility index (Phi) is 4.51. The number of carbonyl (C=O) groups excluding carboxylic acids is 1. The highest BCUT2D eigenvalue weighted by Gasteiger charge is 2.18. The minimum atomic E-state index is -1.67. The number of nitrogens with one attached hydrogen (secondary N) is 1. The Hall–Kier alpha value is -1.56. The number of aliphatic hydroxyl groups is 1. The van der Waals surface area contributed by atoms with Crippen LogP contribution in [0.2, 0.25) is 0 Å². The minimum absolute atomic E-state index is 0.120. The number of halogens is 3. The van der Waals surface area contributed by atoms with E-state index in [1.807, 2.05) is 0 Å². The van der Waals surface area contributed by atoms with E-state index in [2.05, 4.69) is 5.32 Å². The first-order chi connectivity index (χ1) is 7.93. The van der Waals surface area contributed by atoms with Crippen molar-refractivity contribution in [3.8, 4) is 0 Å². The molecule has 0 saturated carbocycles. The van der Waals surface area contributed by atoms with Gasteiger partial charge in [-0.1, -0.05) is 0 Å². The largest absolute Gasteiger partial charge is 0.393 e. The summed E-state index contributed by atoms with van der Waals surface area (Å²) in [6.07, 6.45) is -0.318. The molecule has 0 fully saturated rings. The lowest BCUT2D eigenvalue weighted by molar-refractivity contribution is 0.0940. The van der Waals surface area contributed by atoms with Crippen molar-refractivity contribution in [3.63, 3.8) is 0 Å². The van der Waals surface area contributed by atoms with Crippen LogP contribution < -0.4 is 5.32 Å². The Morgan fingerprint density at radius 2 is 2.00 bits per heavy atom. The van der Waals surface area contributed by atoms with Crippen LogP contribution in [-0.2, 0) is 0 Å². The van der Waals surface area contributed by atoms with Crippen LogP contribution in [0.5, 0.6) is 0 Å². The third-order valence-corrected chi connectivity index (χ3v) is 2.13. The van der Waals surface area contributed by atoms with Crippen molar-refractivity contribution in [2.45, 2.75) is 19.4 Å². The fourth-order valence-electron chi connectivity index (χ4n) is 1.19. The molecule has 1 atom stereocenters. The number of amides is 1. The smallest absolute Gasteiger partial charge is 0.254 e. The highest BCUT2D eigenvalue weighted by molar-refractivity contribution is 5.94. The Bertz CT molecular complexity index is 421. The molecule has 94 valence electrons. The van der Waals surface area contributed by atoms with E-state index >= 15 is 0 Å². The van der Waals surface area contributed by atoms with Gasteiger partial charge in [0.05, 0.1) is 11.7 Å². The number of benzene rings is 1. The minimum Gasteiger partial charge on any atom is -0.393 e. The van der Waals surface area contributed by atoms with Crippen molar-refractivity contribution in [3.05, 3.63) is 35.1 Å². The summed E-state index contributed by atoms with van der Waals surface area (Å²) in [5, 5.41) is 11.2. The third kappa shape index (κ3) is 3.45. The SMILES string of the molecule is CC(O)CCNC(=O)c1ccc(F)c(F)c1F. The second-order valence-corrected chi connectivity index (χ2v) is 3.62. The van der Waals surface area contributed by atoms with E-state index < -0.39 is 35.0 Å². The van der Waals surface area contributed by atoms with Gasteiger partial charge in [0.1, 0.15) is 0 Å². The van der Waals surface area contributed by atoms with Gasteiger partial charge in [-0.25, -0.2) is 13.2 Å². The summed E-state index contributed by atoms with van der Waals surface area (Å²) in [4.78, 5) is 11.4. The molecule has 2 N–H and O–H groups in total. The highest BCUT2D eigenvalue weighted by Crippen LogP contribution is 2.14. The Labute approximate surface area is 96.3 Å². The lowest BCUT2D eigenvalue weighted by Gasteiger charge is -2.07. The molecule has 0 saturated heterocycles. The quantitative estimate of drug-likeness (QED) is 0.794. The second kappa shape index (κ2) is 5.67. The first kappa shape index (κ1) is 13.5. The average Bonchev–Trinajstić information content (AvgIpc) is 2.25. The normalized spacial score (nSPS) is 12.3. The van der Waals surface area contributed by atoms with Crippen molar-refractivity contribution in [2.24, 2.45) is 0 Å². The van der Waals surface area contributed by atoms with Crippen molar-refractivity contribution < 1.29 is 23.1 Å². The molecule has 0 radical (unpaired) electrons. The zero-order chi connectivity index (χ0) is 13.0. The summed E-state index contributed by atoms with van der Waals surface area (Å²) in [7, 11) is 0. The van der Waals surface area contributed by atoms with E-state index in [0.29, 0.717) is 6.07 Å². The van der Waals surface area contributed by atoms with Crippen molar-refractivity contribution in [1.82, 2.24) is 5.32 Å². The molecule has 6 heteroatoms. The first-order valence-electron chi connectivity index (χ1n) is 5.03. The molecule has 0 aliphatic heterocycles. The van der Waals surface area contributed by atoms with Crippen LogP contribution in [0.3, 0.4) is 0 Å². The van der Waals surface area contributed by atoms with E-state index in [9.17, 15) is 18.0 Å². The lowest BCUT2D eigenvalue weighted by atomic mass is 10.2. The number of aliphatic hydroxyl groups excluding tert-OH is 1. The summed E-state index contributed by atoms with van der Waals surface area (Å²) in [5.74, 6) is -5.38. The zero-order valence-corrected chi connectivity index (χ0v) is 9.14. The Morgan fingerprint density at radius 3 is 2.59 bits per heavy atom. The predicted octanol–water partition coefficient (Wildman–Crippen LogP) is 1.60. The zero-order valence-electron chi connectivity index (χ0n) is 9.14. The number of carbonyl (C=O) groups is 1. The van der Waals surface area contributed by atoms with Crippen LogP contribution >= 0.6 is 0 Å². The second-order valence-electron chi connectivity index (χ2n) is 3.62. The van der Waals surface area contributed by atoms with Gasteiger partial charge in [-0.15, -0.1) is 0 Å². The summed E-state index contributed by atoms with van der Waals surface area (Å²) in [6.45, 7) is 1.65. The van der Waals surface area contributed by atoms with Gasteiger partial charge in [0.15, 0.2) is 17.5 Å². The van der Waals surface area contributed by atoms with E-state index in [-0.39, 0.29) is 13.0 Å². The number of hydrogen-bond acceptors (Lipinski definition) is 2. The monoisotopic (exact) mass is 247 g/mol. The van der Waals surface area contributed by atoms with Crippen LogP contribution in [0, 0.1) is 17.5 Å². The highest BCUT2D eigenvalue weighted by atomic mass is 19.2. The first-order valence-corrected chi connectivity index (χ1v) is 5.03. The molecule has 0 spiro atoms. The molecular weight excluding hydrogens is 235 g/mol.